The number of nitrogens with zero attached hydrogens (tertiary/aromatic N) is 2. The van der Waals surface area contributed by atoms with Gasteiger partial charge in [0.1, 0.15) is 10.8 Å². The summed E-state index contributed by atoms with van der Waals surface area (Å²) in [5, 5.41) is 3.54. The van der Waals surface area contributed by atoms with Crippen LogP contribution in [0, 0.1) is 12.7 Å². The number of amides is 1. The lowest BCUT2D eigenvalue weighted by Crippen LogP contribution is -2.48. The molecule has 0 aliphatic carbocycles. The summed E-state index contributed by atoms with van der Waals surface area (Å²) >= 11 is 1.42. The zero-order valence-electron chi connectivity index (χ0n) is 17.3. The number of anilines is 2. The third-order valence-electron chi connectivity index (χ3n) is 5.32. The van der Waals surface area contributed by atoms with Crippen molar-refractivity contribution in [2.75, 3.05) is 42.9 Å². The molecule has 160 valence electrons. The lowest BCUT2D eigenvalue weighted by atomic mass is 10.1. The van der Waals surface area contributed by atoms with Crippen LogP contribution in [-0.2, 0) is 4.79 Å². The van der Waals surface area contributed by atoms with Gasteiger partial charge in [-0.15, -0.1) is 11.3 Å². The van der Waals surface area contributed by atoms with E-state index >= 15 is 0 Å². The Morgan fingerprint density at radius 3 is 2.35 bits per heavy atom. The predicted molar refractivity (Wildman–Crippen MR) is 123 cm³/mol. The molecule has 0 atom stereocenters. The molecule has 2 heterocycles. The van der Waals surface area contributed by atoms with Crippen LogP contribution in [0.4, 0.5) is 15.1 Å². The lowest BCUT2D eigenvalue weighted by molar-refractivity contribution is -0.117. The largest absolute Gasteiger partial charge is 0.369 e. The highest BCUT2D eigenvalue weighted by molar-refractivity contribution is 7.16. The molecule has 1 amide bonds. The number of ketones is 1. The van der Waals surface area contributed by atoms with Crippen molar-refractivity contribution in [3.63, 3.8) is 0 Å². The number of thiophene rings is 1. The van der Waals surface area contributed by atoms with Crippen LogP contribution in [0.25, 0.3) is 0 Å². The monoisotopic (exact) mass is 437 g/mol. The summed E-state index contributed by atoms with van der Waals surface area (Å²) in [6.07, 6.45) is 0. The second-order valence-corrected chi connectivity index (χ2v) is 8.84. The number of rotatable bonds is 6. The van der Waals surface area contributed by atoms with Crippen molar-refractivity contribution in [2.45, 2.75) is 6.92 Å². The van der Waals surface area contributed by atoms with E-state index in [-0.39, 0.29) is 24.1 Å². The Labute approximate surface area is 185 Å². The summed E-state index contributed by atoms with van der Waals surface area (Å²) in [5.41, 5.74) is 2.12. The molecule has 1 fully saturated rings. The Hall–Kier alpha value is -3.03. The molecule has 1 aliphatic rings. The van der Waals surface area contributed by atoms with Gasteiger partial charge in [0.25, 0.3) is 0 Å². The number of halogens is 1. The van der Waals surface area contributed by atoms with Gasteiger partial charge in [-0.05, 0) is 37.3 Å². The van der Waals surface area contributed by atoms with Gasteiger partial charge in [-0.2, -0.15) is 0 Å². The molecule has 1 N–H and O–H groups in total. The molecule has 1 aliphatic heterocycles. The molecule has 31 heavy (non-hydrogen) atoms. The van der Waals surface area contributed by atoms with E-state index in [1.54, 1.807) is 24.3 Å². The predicted octanol–water partition coefficient (Wildman–Crippen LogP) is 4.19. The maximum Gasteiger partial charge on any atom is 0.239 e. The topological polar surface area (TPSA) is 52.7 Å². The normalized spacial score (nSPS) is 14.5. The minimum atomic E-state index is -0.243. The Kier molecular flexibility index (Phi) is 6.44. The standard InChI is InChI=1S/C24H24FN3O2S/c1-17-15-21(23(30)18-5-3-2-4-6-18)24(31-17)26-22(29)16-27-11-13-28(14-12-27)20-9-7-19(25)8-10-20/h2-10,15H,11-14,16H2,1H3,(H,26,29). The molecule has 0 spiro atoms. The summed E-state index contributed by atoms with van der Waals surface area (Å²) in [5.74, 6) is -0.458. The molecule has 0 unspecified atom stereocenters. The number of hydrogen-bond acceptors (Lipinski definition) is 5. The van der Waals surface area contributed by atoms with Crippen LogP contribution in [0.5, 0.6) is 0 Å². The first kappa shape index (κ1) is 21.2. The van der Waals surface area contributed by atoms with Crippen molar-refractivity contribution in [3.8, 4) is 0 Å². The maximum absolute atomic E-state index is 13.1. The highest BCUT2D eigenvalue weighted by Crippen LogP contribution is 2.29. The van der Waals surface area contributed by atoms with Gasteiger partial charge in [-0.25, -0.2) is 4.39 Å². The van der Waals surface area contributed by atoms with Gasteiger partial charge in [-0.3, -0.25) is 14.5 Å². The molecule has 5 nitrogen and oxygen atoms in total. The second kappa shape index (κ2) is 9.41. The van der Waals surface area contributed by atoms with E-state index in [1.165, 1.54) is 23.5 Å². The van der Waals surface area contributed by atoms with Gasteiger partial charge >= 0.3 is 0 Å². The maximum atomic E-state index is 13.1. The van der Waals surface area contributed by atoms with E-state index in [0.29, 0.717) is 16.1 Å². The van der Waals surface area contributed by atoms with Crippen molar-refractivity contribution < 1.29 is 14.0 Å². The molecular weight excluding hydrogens is 413 g/mol. The minimum absolute atomic E-state index is 0.0897. The summed E-state index contributed by atoms with van der Waals surface area (Å²) in [7, 11) is 0. The van der Waals surface area contributed by atoms with Crippen LogP contribution in [0.2, 0.25) is 0 Å². The first-order chi connectivity index (χ1) is 15.0. The molecule has 0 radical (unpaired) electrons. The number of carbonyl (C=O) groups excluding carboxylic acids is 2. The van der Waals surface area contributed by atoms with Gasteiger partial charge in [-0.1, -0.05) is 30.3 Å². The summed E-state index contributed by atoms with van der Waals surface area (Å²) in [6, 6.07) is 17.4. The Balaban J connectivity index is 1.35. The molecule has 7 heteroatoms. The van der Waals surface area contributed by atoms with E-state index in [1.807, 2.05) is 31.2 Å². The molecule has 2 aromatic carbocycles. The molecule has 1 saturated heterocycles. The van der Waals surface area contributed by atoms with Crippen LogP contribution < -0.4 is 10.2 Å². The van der Waals surface area contributed by atoms with E-state index in [4.69, 9.17) is 0 Å². The molecule has 0 saturated carbocycles. The smallest absolute Gasteiger partial charge is 0.239 e. The van der Waals surface area contributed by atoms with Crippen molar-refractivity contribution in [3.05, 3.63) is 82.5 Å². The Morgan fingerprint density at radius 1 is 1.00 bits per heavy atom. The van der Waals surface area contributed by atoms with Crippen molar-refractivity contribution in [1.29, 1.82) is 0 Å². The molecule has 4 rings (SSSR count). The second-order valence-electron chi connectivity index (χ2n) is 7.58. The average molecular weight is 438 g/mol. The molecule has 1 aromatic heterocycles. The summed E-state index contributed by atoms with van der Waals surface area (Å²) < 4.78 is 13.1. The average Bonchev–Trinajstić information content (AvgIpc) is 3.14. The summed E-state index contributed by atoms with van der Waals surface area (Å²) in [6.45, 7) is 5.22. The van der Waals surface area contributed by atoms with Gasteiger partial charge < -0.3 is 10.2 Å². The first-order valence-corrected chi connectivity index (χ1v) is 11.0. The molecule has 3 aromatic rings. The fourth-order valence-electron chi connectivity index (χ4n) is 3.71. The number of hydrogen-bond donors (Lipinski definition) is 1. The van der Waals surface area contributed by atoms with Crippen LogP contribution in [0.3, 0.4) is 0 Å². The van der Waals surface area contributed by atoms with Crippen molar-refractivity contribution >= 4 is 33.7 Å². The number of benzene rings is 2. The fraction of sp³-hybridized carbons (Fsp3) is 0.250. The van der Waals surface area contributed by atoms with Crippen LogP contribution in [0.1, 0.15) is 20.8 Å². The Morgan fingerprint density at radius 2 is 1.68 bits per heavy atom. The molecular formula is C24H24FN3O2S. The number of carbonyl (C=O) groups is 2. The number of piperazine rings is 1. The quantitative estimate of drug-likeness (QED) is 0.588. The van der Waals surface area contributed by atoms with E-state index < -0.39 is 0 Å². The van der Waals surface area contributed by atoms with Gasteiger partial charge in [0, 0.05) is 42.3 Å². The SMILES string of the molecule is Cc1cc(C(=O)c2ccccc2)c(NC(=O)CN2CCN(c3ccc(F)cc3)CC2)s1. The number of nitrogens with one attached hydrogen (secondary N) is 1. The zero-order valence-corrected chi connectivity index (χ0v) is 18.1. The van der Waals surface area contributed by atoms with E-state index in [0.717, 1.165) is 36.7 Å². The van der Waals surface area contributed by atoms with Gasteiger partial charge in [0.05, 0.1) is 12.1 Å². The highest BCUT2D eigenvalue weighted by Gasteiger charge is 2.22. The zero-order chi connectivity index (χ0) is 21.8. The van der Waals surface area contributed by atoms with Crippen LogP contribution in [-0.4, -0.2) is 49.3 Å². The van der Waals surface area contributed by atoms with Crippen molar-refractivity contribution in [1.82, 2.24) is 4.90 Å². The summed E-state index contributed by atoms with van der Waals surface area (Å²) in [4.78, 5) is 30.8. The fourth-order valence-corrected chi connectivity index (χ4v) is 4.63. The third kappa shape index (κ3) is 5.18. The highest BCUT2D eigenvalue weighted by atomic mass is 32.1. The molecule has 0 bridgehead atoms. The van der Waals surface area contributed by atoms with Crippen molar-refractivity contribution in [2.24, 2.45) is 0 Å². The van der Waals surface area contributed by atoms with Crippen LogP contribution >= 0.6 is 11.3 Å². The van der Waals surface area contributed by atoms with Gasteiger partial charge in [0.2, 0.25) is 5.91 Å². The number of aryl methyl sites for hydroxylation is 1. The van der Waals surface area contributed by atoms with Crippen LogP contribution in [0.15, 0.2) is 60.7 Å². The minimum Gasteiger partial charge on any atom is -0.369 e. The van der Waals surface area contributed by atoms with E-state index in [2.05, 4.69) is 15.1 Å². The first-order valence-electron chi connectivity index (χ1n) is 10.2. The van der Waals surface area contributed by atoms with Gasteiger partial charge in [0.15, 0.2) is 5.78 Å². The Bertz CT molecular complexity index is 1060. The van der Waals surface area contributed by atoms with E-state index in [9.17, 15) is 14.0 Å². The lowest BCUT2D eigenvalue weighted by Gasteiger charge is -2.35. The third-order valence-corrected chi connectivity index (χ3v) is 6.29.